The van der Waals surface area contributed by atoms with Gasteiger partial charge in [0.25, 0.3) is 6.02 Å². The van der Waals surface area contributed by atoms with Crippen LogP contribution in [0.4, 0.5) is 14.5 Å². The van der Waals surface area contributed by atoms with Gasteiger partial charge in [-0.1, -0.05) is 6.92 Å². The number of amidine groups is 1. The lowest BCUT2D eigenvalue weighted by molar-refractivity contribution is -0.231. The Bertz CT molecular complexity index is 1280. The fourth-order valence-electron chi connectivity index (χ4n) is 4.23. The molecule has 2 aromatic heterocycles. The smallest absolute Gasteiger partial charge is 0.289 e. The molecule has 2 aliphatic rings. The van der Waals surface area contributed by atoms with E-state index in [9.17, 15) is 5.11 Å². The Balaban J connectivity index is 1.43. The molecule has 1 aromatic carbocycles. The molecule has 1 atom stereocenters. The summed E-state index contributed by atoms with van der Waals surface area (Å²) in [5.41, 5.74) is 0.175. The molecular formula is C25H28F2N4O5. The number of nitrogens with one attached hydrogen (secondary N) is 2. The summed E-state index contributed by atoms with van der Waals surface area (Å²) in [4.78, 5) is 11.6. The third-order valence-electron chi connectivity index (χ3n) is 6.16. The first kappa shape index (κ1) is 24.4. The van der Waals surface area contributed by atoms with Crippen LogP contribution in [0.5, 0.6) is 11.5 Å². The van der Waals surface area contributed by atoms with Gasteiger partial charge in [-0.05, 0) is 19.9 Å². The maximum atomic E-state index is 15.1. The molecule has 3 aromatic rings. The molecule has 0 bridgehead atoms. The summed E-state index contributed by atoms with van der Waals surface area (Å²) in [6, 6.07) is 3.88. The van der Waals surface area contributed by atoms with Gasteiger partial charge in [0.1, 0.15) is 23.6 Å². The summed E-state index contributed by atoms with van der Waals surface area (Å²) >= 11 is 0. The van der Waals surface area contributed by atoms with Crippen molar-refractivity contribution in [3.05, 3.63) is 47.8 Å². The Hall–Kier alpha value is -3.28. The number of aromatic amines is 1. The molecule has 3 N–H and O–H groups in total. The average Bonchev–Trinajstić information content (AvgIpc) is 3.25. The summed E-state index contributed by atoms with van der Waals surface area (Å²) < 4.78 is 53.0. The number of benzene rings is 1. The first-order valence-corrected chi connectivity index (χ1v) is 11.7. The summed E-state index contributed by atoms with van der Waals surface area (Å²) in [5, 5.41) is 12.8. The number of aromatic nitrogens is 2. The van der Waals surface area contributed by atoms with Gasteiger partial charge in [-0.15, -0.1) is 0 Å². The summed E-state index contributed by atoms with van der Waals surface area (Å²) in [6.45, 7) is 6.85. The van der Waals surface area contributed by atoms with Crippen molar-refractivity contribution in [2.24, 2.45) is 10.4 Å². The second kappa shape index (κ2) is 9.30. The number of aliphatic hydroxyl groups is 1. The second-order valence-electron chi connectivity index (χ2n) is 9.76. The number of aliphatic imine (C=N–C) groups is 1. The molecule has 0 radical (unpaired) electrons. The molecule has 0 saturated carbocycles. The van der Waals surface area contributed by atoms with Crippen LogP contribution >= 0.6 is 0 Å². The quantitative estimate of drug-likeness (QED) is 0.447. The van der Waals surface area contributed by atoms with Gasteiger partial charge in [0, 0.05) is 41.2 Å². The Morgan fingerprint density at radius 1 is 1.22 bits per heavy atom. The molecule has 9 nitrogen and oxygen atoms in total. The van der Waals surface area contributed by atoms with Gasteiger partial charge >= 0.3 is 0 Å². The highest BCUT2D eigenvalue weighted by molar-refractivity contribution is 5.90. The Morgan fingerprint density at radius 3 is 2.56 bits per heavy atom. The third-order valence-corrected chi connectivity index (χ3v) is 6.16. The van der Waals surface area contributed by atoms with E-state index in [-0.39, 0.29) is 36.8 Å². The minimum absolute atomic E-state index is 0.0649. The van der Waals surface area contributed by atoms with Crippen LogP contribution in [-0.2, 0) is 19.8 Å². The van der Waals surface area contributed by atoms with Crippen LogP contribution < -0.4 is 10.1 Å². The summed E-state index contributed by atoms with van der Waals surface area (Å²) in [7, 11) is 0. The van der Waals surface area contributed by atoms with Crippen LogP contribution in [0.3, 0.4) is 0 Å². The normalized spacial score (nSPS) is 21.1. The number of rotatable bonds is 7. The zero-order chi connectivity index (χ0) is 25.5. The Morgan fingerprint density at radius 2 is 1.97 bits per heavy atom. The molecule has 2 aliphatic heterocycles. The number of fused-ring (bicyclic) bond motifs is 1. The number of ether oxygens (including phenoxy) is 4. The molecule has 0 spiro atoms. The molecule has 1 fully saturated rings. The van der Waals surface area contributed by atoms with Gasteiger partial charge in [0.15, 0.2) is 17.4 Å². The van der Waals surface area contributed by atoms with E-state index in [1.54, 1.807) is 12.3 Å². The lowest BCUT2D eigenvalue weighted by Crippen LogP contribution is -2.50. The van der Waals surface area contributed by atoms with E-state index in [0.717, 1.165) is 17.7 Å². The lowest BCUT2D eigenvalue weighted by Gasteiger charge is -2.42. The van der Waals surface area contributed by atoms with Crippen LogP contribution in [0.25, 0.3) is 11.0 Å². The molecule has 192 valence electrons. The van der Waals surface area contributed by atoms with Crippen molar-refractivity contribution < 1.29 is 32.8 Å². The summed E-state index contributed by atoms with van der Waals surface area (Å²) in [5.74, 6) is -2.13. The van der Waals surface area contributed by atoms with E-state index in [1.165, 1.54) is 6.20 Å². The highest BCUT2D eigenvalue weighted by atomic mass is 19.1. The van der Waals surface area contributed by atoms with Crippen molar-refractivity contribution in [2.75, 3.05) is 38.3 Å². The number of nitrogens with zero attached hydrogens (tertiary/aromatic N) is 2. The average molecular weight is 503 g/mol. The second-order valence-corrected chi connectivity index (χ2v) is 9.76. The molecule has 11 heteroatoms. The molecule has 1 saturated heterocycles. The molecule has 5 rings (SSSR count). The van der Waals surface area contributed by atoms with Crippen molar-refractivity contribution in [3.8, 4) is 11.5 Å². The number of aliphatic hydroxyl groups excluding tert-OH is 1. The van der Waals surface area contributed by atoms with Gasteiger partial charge in [0.05, 0.1) is 37.9 Å². The van der Waals surface area contributed by atoms with E-state index >= 15 is 8.78 Å². The SMILES string of the molecule is CC(C)OC1(c2c[nH]c3nccc(Oc4c(F)cc(NC5=NCC(C)(CO)CO5)cc4F)c23)COC1. The predicted octanol–water partition coefficient (Wildman–Crippen LogP) is 4.08. The monoisotopic (exact) mass is 502 g/mol. The van der Waals surface area contributed by atoms with Crippen molar-refractivity contribution in [2.45, 2.75) is 32.5 Å². The number of H-pyrrole nitrogens is 1. The molecule has 0 aliphatic carbocycles. The first-order valence-electron chi connectivity index (χ1n) is 11.7. The van der Waals surface area contributed by atoms with Gasteiger partial charge < -0.3 is 34.4 Å². The van der Waals surface area contributed by atoms with Crippen molar-refractivity contribution in [3.63, 3.8) is 0 Å². The minimum atomic E-state index is -0.906. The van der Waals surface area contributed by atoms with Crippen molar-refractivity contribution in [1.82, 2.24) is 9.97 Å². The van der Waals surface area contributed by atoms with E-state index in [0.29, 0.717) is 30.8 Å². The van der Waals surface area contributed by atoms with Crippen molar-refractivity contribution in [1.29, 1.82) is 0 Å². The third kappa shape index (κ3) is 4.49. The fourth-order valence-corrected chi connectivity index (χ4v) is 4.23. The van der Waals surface area contributed by atoms with Crippen LogP contribution in [0.2, 0.25) is 0 Å². The van der Waals surface area contributed by atoms with Gasteiger partial charge in [-0.2, -0.15) is 0 Å². The summed E-state index contributed by atoms with van der Waals surface area (Å²) in [6.07, 6.45) is 3.20. The molecular weight excluding hydrogens is 474 g/mol. The number of hydrogen-bond acceptors (Lipinski definition) is 8. The standard InChI is InChI=1S/C25H28F2N4O5/c1-14(2)36-25(12-33-13-25)16-8-29-22-20(16)19(4-5-28-22)35-21-17(26)6-15(7-18(21)27)31-23-30-9-24(3,10-32)11-34-23/h4-8,14,32H,9-13H2,1-3H3,(H,28,29)(H,30,31). The zero-order valence-electron chi connectivity index (χ0n) is 20.2. The van der Waals surface area contributed by atoms with Gasteiger partial charge in [-0.25, -0.2) is 18.8 Å². The Labute approximate surface area is 206 Å². The molecule has 4 heterocycles. The first-order chi connectivity index (χ1) is 17.2. The predicted molar refractivity (Wildman–Crippen MR) is 128 cm³/mol. The molecule has 36 heavy (non-hydrogen) atoms. The van der Waals surface area contributed by atoms with Crippen LogP contribution in [0, 0.1) is 17.0 Å². The van der Waals surface area contributed by atoms with E-state index in [1.807, 2.05) is 20.8 Å². The number of halogens is 2. The maximum absolute atomic E-state index is 15.1. The van der Waals surface area contributed by atoms with E-state index in [2.05, 4.69) is 20.3 Å². The molecule has 1 unspecified atom stereocenters. The number of hydrogen-bond donors (Lipinski definition) is 3. The highest BCUT2D eigenvalue weighted by Gasteiger charge is 2.45. The number of pyridine rings is 1. The highest BCUT2D eigenvalue weighted by Crippen LogP contribution is 2.43. The van der Waals surface area contributed by atoms with E-state index in [4.69, 9.17) is 18.9 Å². The van der Waals surface area contributed by atoms with E-state index < -0.39 is 28.4 Å². The number of anilines is 1. The minimum Gasteiger partial charge on any atom is -0.464 e. The van der Waals surface area contributed by atoms with Gasteiger partial charge in [-0.3, -0.25) is 0 Å². The van der Waals surface area contributed by atoms with Gasteiger partial charge in [0.2, 0.25) is 0 Å². The van der Waals surface area contributed by atoms with Crippen LogP contribution in [-0.4, -0.2) is 60.2 Å². The fraction of sp³-hybridized carbons (Fsp3) is 0.440. The molecule has 0 amide bonds. The largest absolute Gasteiger partial charge is 0.464 e. The van der Waals surface area contributed by atoms with Crippen LogP contribution in [0.15, 0.2) is 35.6 Å². The Kier molecular flexibility index (Phi) is 6.31. The lowest BCUT2D eigenvalue weighted by atomic mass is 9.91. The zero-order valence-corrected chi connectivity index (χ0v) is 20.2. The van der Waals surface area contributed by atoms with Crippen molar-refractivity contribution >= 4 is 22.7 Å². The maximum Gasteiger partial charge on any atom is 0.289 e. The topological polar surface area (TPSA) is 110 Å². The van der Waals surface area contributed by atoms with Crippen LogP contribution in [0.1, 0.15) is 26.3 Å².